The Labute approximate surface area is 215 Å². The molecular weight excluding hydrogens is 480 g/mol. The molecule has 3 heterocycles. The fourth-order valence-electron chi connectivity index (χ4n) is 4.71. The Balaban J connectivity index is 1.24. The summed E-state index contributed by atoms with van der Waals surface area (Å²) in [5, 5.41) is 0.665. The smallest absolute Gasteiger partial charge is 0.341 e. The number of anilines is 3. The molecule has 0 bridgehead atoms. The van der Waals surface area contributed by atoms with Crippen molar-refractivity contribution >= 4 is 34.8 Å². The Morgan fingerprint density at radius 1 is 0.972 bits per heavy atom. The van der Waals surface area contributed by atoms with Crippen LogP contribution in [0.5, 0.6) is 11.5 Å². The van der Waals surface area contributed by atoms with E-state index >= 15 is 0 Å². The number of piperazine rings is 1. The Bertz CT molecular complexity index is 1220. The van der Waals surface area contributed by atoms with Crippen LogP contribution in [0.2, 0.25) is 5.02 Å². The molecule has 0 aliphatic carbocycles. The molecule has 188 valence electrons. The average molecular weight is 509 g/mol. The van der Waals surface area contributed by atoms with Crippen LogP contribution in [0.1, 0.15) is 16.8 Å². The van der Waals surface area contributed by atoms with Gasteiger partial charge in [-0.2, -0.15) is 0 Å². The first-order chi connectivity index (χ1) is 17.6. The zero-order valence-electron chi connectivity index (χ0n) is 20.2. The quantitative estimate of drug-likeness (QED) is 0.447. The van der Waals surface area contributed by atoms with Crippen LogP contribution in [0.3, 0.4) is 0 Å². The molecule has 5 rings (SSSR count). The van der Waals surface area contributed by atoms with E-state index in [0.29, 0.717) is 16.4 Å². The van der Waals surface area contributed by atoms with E-state index in [1.165, 1.54) is 7.11 Å². The number of esters is 1. The van der Waals surface area contributed by atoms with Gasteiger partial charge in [0.2, 0.25) is 6.79 Å². The highest BCUT2D eigenvalue weighted by molar-refractivity contribution is 6.31. The Hall–Kier alpha value is -3.49. The number of pyridine rings is 1. The fraction of sp³-hybridized carbons (Fsp3) is 0.333. The van der Waals surface area contributed by atoms with Crippen LogP contribution in [-0.2, 0) is 4.74 Å². The van der Waals surface area contributed by atoms with Gasteiger partial charge >= 0.3 is 5.97 Å². The van der Waals surface area contributed by atoms with Gasteiger partial charge in [0, 0.05) is 43.9 Å². The standard InChI is InChI=1S/C27H29ClN4O4/c1-34-27(33)21-6-4-11-29-26(21)31-16-14-30(15-17-31)12-5-13-32-22-7-2-3-8-24(22)35-19-36-25-10-9-20(28)18-23(25)32/h2-4,6-11,18H,5,12-17,19H2,1H3. The normalized spacial score (nSPS) is 15.6. The average Bonchev–Trinajstić information content (AvgIpc) is 2.91. The Morgan fingerprint density at radius 3 is 2.56 bits per heavy atom. The molecule has 2 aliphatic rings. The summed E-state index contributed by atoms with van der Waals surface area (Å²) in [6, 6.07) is 17.2. The number of nitrogens with zero attached hydrogens (tertiary/aromatic N) is 4. The number of benzene rings is 2. The highest BCUT2D eigenvalue weighted by Crippen LogP contribution is 2.41. The third-order valence-electron chi connectivity index (χ3n) is 6.52. The second kappa shape index (κ2) is 11.1. The highest BCUT2D eigenvalue weighted by Gasteiger charge is 2.24. The lowest BCUT2D eigenvalue weighted by atomic mass is 10.1. The molecule has 8 nitrogen and oxygen atoms in total. The van der Waals surface area contributed by atoms with Crippen LogP contribution in [-0.4, -0.2) is 69.0 Å². The molecule has 36 heavy (non-hydrogen) atoms. The van der Waals surface area contributed by atoms with Gasteiger partial charge in [0.15, 0.2) is 0 Å². The van der Waals surface area contributed by atoms with E-state index in [1.54, 1.807) is 18.3 Å². The van der Waals surface area contributed by atoms with E-state index in [4.69, 9.17) is 25.8 Å². The molecule has 1 fully saturated rings. The van der Waals surface area contributed by atoms with E-state index in [-0.39, 0.29) is 12.8 Å². The molecule has 1 aromatic heterocycles. The van der Waals surface area contributed by atoms with E-state index in [9.17, 15) is 4.79 Å². The molecule has 0 amide bonds. The molecule has 0 atom stereocenters. The van der Waals surface area contributed by atoms with E-state index in [2.05, 4.69) is 25.8 Å². The van der Waals surface area contributed by atoms with Gasteiger partial charge in [-0.3, -0.25) is 4.90 Å². The number of fused-ring (bicyclic) bond motifs is 2. The Kier molecular flexibility index (Phi) is 7.44. The van der Waals surface area contributed by atoms with Crippen molar-refractivity contribution in [2.24, 2.45) is 0 Å². The first-order valence-corrected chi connectivity index (χ1v) is 12.4. The molecule has 0 radical (unpaired) electrons. The number of halogens is 1. The lowest BCUT2D eigenvalue weighted by Crippen LogP contribution is -2.47. The summed E-state index contributed by atoms with van der Waals surface area (Å²) in [7, 11) is 1.39. The number of rotatable bonds is 6. The largest absolute Gasteiger partial charge is 0.465 e. The van der Waals surface area contributed by atoms with Crippen molar-refractivity contribution in [3.63, 3.8) is 0 Å². The van der Waals surface area contributed by atoms with E-state index in [1.807, 2.05) is 36.4 Å². The molecule has 2 aliphatic heterocycles. The summed E-state index contributed by atoms with van der Waals surface area (Å²) < 4.78 is 16.7. The number of methoxy groups -OCH3 is 1. The fourth-order valence-corrected chi connectivity index (χ4v) is 4.87. The zero-order chi connectivity index (χ0) is 24.9. The van der Waals surface area contributed by atoms with E-state index < -0.39 is 0 Å². The number of para-hydroxylation sites is 2. The molecule has 0 N–H and O–H groups in total. The minimum Gasteiger partial charge on any atom is -0.465 e. The number of carbonyl (C=O) groups is 1. The zero-order valence-corrected chi connectivity index (χ0v) is 21.0. The molecule has 0 spiro atoms. The minimum atomic E-state index is -0.359. The van der Waals surface area contributed by atoms with Crippen molar-refractivity contribution in [3.8, 4) is 11.5 Å². The topological polar surface area (TPSA) is 67.4 Å². The lowest BCUT2D eigenvalue weighted by molar-refractivity contribution is 0.0600. The lowest BCUT2D eigenvalue weighted by Gasteiger charge is -2.36. The molecule has 0 unspecified atom stereocenters. The van der Waals surface area contributed by atoms with Crippen LogP contribution in [0, 0.1) is 0 Å². The molecule has 9 heteroatoms. The first-order valence-electron chi connectivity index (χ1n) is 12.1. The van der Waals surface area contributed by atoms with Crippen LogP contribution in [0.25, 0.3) is 0 Å². The summed E-state index contributed by atoms with van der Waals surface area (Å²) in [6.45, 7) is 5.25. The second-order valence-corrected chi connectivity index (χ2v) is 9.12. The van der Waals surface area contributed by atoms with Gasteiger partial charge in [0.1, 0.15) is 22.9 Å². The molecule has 1 saturated heterocycles. The van der Waals surface area contributed by atoms with Crippen molar-refractivity contribution in [3.05, 3.63) is 71.4 Å². The third kappa shape index (κ3) is 5.20. The second-order valence-electron chi connectivity index (χ2n) is 8.69. The van der Waals surface area contributed by atoms with Gasteiger partial charge < -0.3 is 24.0 Å². The number of aromatic nitrogens is 1. The maximum atomic E-state index is 12.1. The number of hydrogen-bond acceptors (Lipinski definition) is 8. The van der Waals surface area contributed by atoms with Crippen LogP contribution >= 0.6 is 11.6 Å². The summed E-state index contributed by atoms with van der Waals surface area (Å²) in [4.78, 5) is 23.4. The van der Waals surface area contributed by atoms with Gasteiger partial charge in [-0.1, -0.05) is 23.7 Å². The van der Waals surface area contributed by atoms with Gasteiger partial charge in [0.25, 0.3) is 0 Å². The SMILES string of the molecule is COC(=O)c1cccnc1N1CCN(CCCN2c3ccccc3OCOc3ccc(Cl)cc32)CC1. The van der Waals surface area contributed by atoms with Gasteiger partial charge in [-0.05, 0) is 55.4 Å². The van der Waals surface area contributed by atoms with Crippen molar-refractivity contribution in [2.45, 2.75) is 6.42 Å². The predicted octanol–water partition coefficient (Wildman–Crippen LogP) is 4.60. The van der Waals surface area contributed by atoms with Crippen LogP contribution in [0.15, 0.2) is 60.8 Å². The first kappa shape index (κ1) is 24.2. The maximum absolute atomic E-state index is 12.1. The molecular formula is C27H29ClN4O4. The van der Waals surface area contributed by atoms with Gasteiger partial charge in [-0.15, -0.1) is 0 Å². The monoisotopic (exact) mass is 508 g/mol. The minimum absolute atomic E-state index is 0.151. The third-order valence-corrected chi connectivity index (χ3v) is 6.75. The number of ether oxygens (including phenoxy) is 3. The van der Waals surface area contributed by atoms with Crippen LogP contribution < -0.4 is 19.3 Å². The molecule has 0 saturated carbocycles. The van der Waals surface area contributed by atoms with Crippen molar-refractivity contribution in [1.29, 1.82) is 0 Å². The summed E-state index contributed by atoms with van der Waals surface area (Å²) >= 11 is 6.36. The van der Waals surface area contributed by atoms with Crippen molar-refractivity contribution in [1.82, 2.24) is 9.88 Å². The van der Waals surface area contributed by atoms with Crippen molar-refractivity contribution < 1.29 is 19.0 Å². The number of carbonyl (C=O) groups excluding carboxylic acids is 1. The summed E-state index contributed by atoms with van der Waals surface area (Å²) in [6.07, 6.45) is 2.66. The van der Waals surface area contributed by atoms with Crippen molar-refractivity contribution in [2.75, 3.05) is 63.0 Å². The van der Waals surface area contributed by atoms with E-state index in [0.717, 1.165) is 68.6 Å². The Morgan fingerprint density at radius 2 is 1.75 bits per heavy atom. The summed E-state index contributed by atoms with van der Waals surface area (Å²) in [5.41, 5.74) is 2.44. The predicted molar refractivity (Wildman–Crippen MR) is 140 cm³/mol. The van der Waals surface area contributed by atoms with Gasteiger partial charge in [0.05, 0.1) is 18.5 Å². The highest BCUT2D eigenvalue weighted by atomic mass is 35.5. The van der Waals surface area contributed by atoms with Gasteiger partial charge in [-0.25, -0.2) is 9.78 Å². The van der Waals surface area contributed by atoms with Crippen LogP contribution in [0.4, 0.5) is 17.2 Å². The summed E-state index contributed by atoms with van der Waals surface area (Å²) in [5.74, 6) is 1.87. The molecule has 3 aromatic rings. The molecule has 2 aromatic carbocycles. The number of hydrogen-bond donors (Lipinski definition) is 0. The maximum Gasteiger partial charge on any atom is 0.341 e.